The number of nitrogens with one attached hydrogen (secondary N) is 1. The summed E-state index contributed by atoms with van der Waals surface area (Å²) < 4.78 is 0. The van der Waals surface area contributed by atoms with Crippen molar-refractivity contribution in [2.75, 3.05) is 25.0 Å². The SMILES string of the molecule is C=CCN(CCO)C(=O)Nc1ccc(Cl)c(Cl)c1. The fraction of sp³-hybridized carbons (Fsp3) is 0.250. The number of halogens is 2. The van der Waals surface area contributed by atoms with E-state index in [2.05, 4.69) is 11.9 Å². The van der Waals surface area contributed by atoms with E-state index < -0.39 is 0 Å². The molecule has 0 fully saturated rings. The Morgan fingerprint density at radius 2 is 2.17 bits per heavy atom. The molecule has 0 aliphatic carbocycles. The second-order valence-electron chi connectivity index (χ2n) is 3.52. The van der Waals surface area contributed by atoms with E-state index in [1.807, 2.05) is 0 Å². The van der Waals surface area contributed by atoms with Crippen molar-refractivity contribution in [3.05, 3.63) is 40.9 Å². The molecule has 2 amide bonds. The Morgan fingerprint density at radius 1 is 1.44 bits per heavy atom. The Hall–Kier alpha value is -1.23. The van der Waals surface area contributed by atoms with Gasteiger partial charge in [-0.15, -0.1) is 6.58 Å². The third kappa shape index (κ3) is 4.22. The molecule has 1 aromatic carbocycles. The summed E-state index contributed by atoms with van der Waals surface area (Å²) in [4.78, 5) is 13.3. The fourth-order valence-corrected chi connectivity index (χ4v) is 1.63. The Morgan fingerprint density at radius 3 is 2.72 bits per heavy atom. The number of hydrogen-bond donors (Lipinski definition) is 2. The number of carbonyl (C=O) groups excluding carboxylic acids is 1. The van der Waals surface area contributed by atoms with Gasteiger partial charge in [-0.3, -0.25) is 0 Å². The van der Waals surface area contributed by atoms with Gasteiger partial charge in [-0.05, 0) is 18.2 Å². The van der Waals surface area contributed by atoms with Crippen LogP contribution in [0.2, 0.25) is 10.0 Å². The third-order valence-electron chi connectivity index (χ3n) is 2.18. The van der Waals surface area contributed by atoms with Crippen molar-refractivity contribution >= 4 is 34.9 Å². The number of aliphatic hydroxyl groups is 1. The van der Waals surface area contributed by atoms with Gasteiger partial charge in [0, 0.05) is 18.8 Å². The summed E-state index contributed by atoms with van der Waals surface area (Å²) in [6.07, 6.45) is 1.59. The lowest BCUT2D eigenvalue weighted by atomic mass is 10.3. The van der Waals surface area contributed by atoms with E-state index in [9.17, 15) is 4.79 Å². The van der Waals surface area contributed by atoms with E-state index in [4.69, 9.17) is 28.3 Å². The first-order valence-corrected chi connectivity index (χ1v) is 6.06. The highest BCUT2D eigenvalue weighted by Crippen LogP contribution is 2.25. The molecule has 0 aromatic heterocycles. The highest BCUT2D eigenvalue weighted by Gasteiger charge is 2.11. The average molecular weight is 289 g/mol. The number of urea groups is 1. The minimum absolute atomic E-state index is 0.108. The fourth-order valence-electron chi connectivity index (χ4n) is 1.33. The zero-order chi connectivity index (χ0) is 13.5. The third-order valence-corrected chi connectivity index (χ3v) is 2.92. The lowest BCUT2D eigenvalue weighted by Gasteiger charge is -2.20. The van der Waals surface area contributed by atoms with Crippen LogP contribution in [0.15, 0.2) is 30.9 Å². The second kappa shape index (κ2) is 7.26. The molecule has 0 saturated carbocycles. The first-order valence-electron chi connectivity index (χ1n) is 5.31. The van der Waals surface area contributed by atoms with Gasteiger partial charge in [-0.1, -0.05) is 29.3 Å². The van der Waals surface area contributed by atoms with E-state index in [-0.39, 0.29) is 19.2 Å². The van der Waals surface area contributed by atoms with E-state index in [0.717, 1.165) is 0 Å². The van der Waals surface area contributed by atoms with Gasteiger partial charge in [0.2, 0.25) is 0 Å². The molecule has 1 rings (SSSR count). The summed E-state index contributed by atoms with van der Waals surface area (Å²) in [5.41, 5.74) is 0.543. The van der Waals surface area contributed by atoms with Crippen LogP contribution in [0.1, 0.15) is 0 Å². The maximum Gasteiger partial charge on any atom is 0.322 e. The molecular formula is C12H14Cl2N2O2. The summed E-state index contributed by atoms with van der Waals surface area (Å²) in [5.74, 6) is 0. The average Bonchev–Trinajstić information content (AvgIpc) is 2.33. The molecule has 0 spiro atoms. The van der Waals surface area contributed by atoms with Gasteiger partial charge in [-0.2, -0.15) is 0 Å². The van der Waals surface area contributed by atoms with E-state index in [1.165, 1.54) is 4.90 Å². The summed E-state index contributed by atoms with van der Waals surface area (Å²) in [7, 11) is 0. The lowest BCUT2D eigenvalue weighted by Crippen LogP contribution is -2.37. The Bertz CT molecular complexity index is 438. The molecule has 0 unspecified atom stereocenters. The zero-order valence-electron chi connectivity index (χ0n) is 9.70. The molecule has 4 nitrogen and oxygen atoms in total. The molecule has 18 heavy (non-hydrogen) atoms. The highest BCUT2D eigenvalue weighted by molar-refractivity contribution is 6.42. The predicted octanol–water partition coefficient (Wildman–Crippen LogP) is 3.01. The van der Waals surface area contributed by atoms with E-state index in [0.29, 0.717) is 22.3 Å². The number of rotatable bonds is 5. The van der Waals surface area contributed by atoms with Gasteiger partial charge >= 0.3 is 6.03 Å². The minimum atomic E-state index is -0.331. The Kier molecular flexibility index (Phi) is 5.98. The van der Waals surface area contributed by atoms with Gasteiger partial charge in [0.15, 0.2) is 0 Å². The van der Waals surface area contributed by atoms with Crippen LogP contribution < -0.4 is 5.32 Å². The van der Waals surface area contributed by atoms with E-state index >= 15 is 0 Å². The molecule has 0 bridgehead atoms. The lowest BCUT2D eigenvalue weighted by molar-refractivity contribution is 0.195. The molecule has 0 heterocycles. The molecule has 0 atom stereocenters. The van der Waals surface area contributed by atoms with E-state index in [1.54, 1.807) is 24.3 Å². The second-order valence-corrected chi connectivity index (χ2v) is 4.33. The van der Waals surface area contributed by atoms with Crippen LogP contribution in [-0.4, -0.2) is 35.7 Å². The van der Waals surface area contributed by atoms with Crippen LogP contribution >= 0.6 is 23.2 Å². The van der Waals surface area contributed by atoms with Crippen molar-refractivity contribution in [1.82, 2.24) is 4.90 Å². The Balaban J connectivity index is 2.72. The monoisotopic (exact) mass is 288 g/mol. The molecule has 98 valence electrons. The highest BCUT2D eigenvalue weighted by atomic mass is 35.5. The van der Waals surface area contributed by atoms with Crippen LogP contribution in [0.5, 0.6) is 0 Å². The van der Waals surface area contributed by atoms with Gasteiger partial charge in [-0.25, -0.2) is 4.79 Å². The number of hydrogen-bond acceptors (Lipinski definition) is 2. The number of carbonyl (C=O) groups is 1. The van der Waals surface area contributed by atoms with Crippen molar-refractivity contribution < 1.29 is 9.90 Å². The van der Waals surface area contributed by atoms with Gasteiger partial charge in [0.25, 0.3) is 0 Å². The van der Waals surface area contributed by atoms with Crippen LogP contribution in [0, 0.1) is 0 Å². The molecule has 0 radical (unpaired) electrons. The maximum atomic E-state index is 11.9. The van der Waals surface area contributed by atoms with Gasteiger partial charge in [0.1, 0.15) is 0 Å². The van der Waals surface area contributed by atoms with Crippen molar-refractivity contribution in [2.24, 2.45) is 0 Å². The van der Waals surface area contributed by atoms with Crippen molar-refractivity contribution in [3.63, 3.8) is 0 Å². The number of nitrogens with zero attached hydrogens (tertiary/aromatic N) is 1. The first-order chi connectivity index (χ1) is 8.58. The molecule has 1 aromatic rings. The maximum absolute atomic E-state index is 11.9. The summed E-state index contributed by atoms with van der Waals surface area (Å²) >= 11 is 11.6. The number of amides is 2. The van der Waals surface area contributed by atoms with Crippen LogP contribution in [-0.2, 0) is 0 Å². The molecular weight excluding hydrogens is 275 g/mol. The standard InChI is InChI=1S/C12H14Cl2N2O2/c1-2-5-16(6-7-17)12(18)15-9-3-4-10(13)11(14)8-9/h2-4,8,17H,1,5-7H2,(H,15,18). The molecule has 0 aliphatic rings. The van der Waals surface area contributed by atoms with Gasteiger partial charge < -0.3 is 15.3 Å². The molecule has 6 heteroatoms. The first kappa shape index (κ1) is 14.8. The van der Waals surface area contributed by atoms with Crippen molar-refractivity contribution in [3.8, 4) is 0 Å². The zero-order valence-corrected chi connectivity index (χ0v) is 11.2. The molecule has 2 N–H and O–H groups in total. The normalized spacial score (nSPS) is 9.94. The Labute approximate surface area is 116 Å². The summed E-state index contributed by atoms with van der Waals surface area (Å²) in [6.45, 7) is 4.04. The number of benzene rings is 1. The predicted molar refractivity (Wildman–Crippen MR) is 74.3 cm³/mol. The summed E-state index contributed by atoms with van der Waals surface area (Å²) in [5, 5.41) is 12.3. The number of aliphatic hydroxyl groups excluding tert-OH is 1. The van der Waals surface area contributed by atoms with Crippen molar-refractivity contribution in [2.45, 2.75) is 0 Å². The van der Waals surface area contributed by atoms with Crippen molar-refractivity contribution in [1.29, 1.82) is 0 Å². The van der Waals surface area contributed by atoms with Crippen LogP contribution in [0.3, 0.4) is 0 Å². The van der Waals surface area contributed by atoms with Crippen LogP contribution in [0.4, 0.5) is 10.5 Å². The summed E-state index contributed by atoms with van der Waals surface area (Å²) in [6, 6.07) is 4.48. The quantitative estimate of drug-likeness (QED) is 0.819. The smallest absolute Gasteiger partial charge is 0.322 e. The minimum Gasteiger partial charge on any atom is -0.395 e. The largest absolute Gasteiger partial charge is 0.395 e. The molecule has 0 saturated heterocycles. The van der Waals surface area contributed by atoms with Gasteiger partial charge in [0.05, 0.1) is 16.7 Å². The number of anilines is 1. The topological polar surface area (TPSA) is 52.6 Å². The molecule has 0 aliphatic heterocycles. The van der Waals surface area contributed by atoms with Crippen LogP contribution in [0.25, 0.3) is 0 Å².